The van der Waals surface area contributed by atoms with Crippen molar-refractivity contribution in [1.29, 1.82) is 0 Å². The summed E-state index contributed by atoms with van der Waals surface area (Å²) < 4.78 is 5.15. The van der Waals surface area contributed by atoms with E-state index in [1.165, 1.54) is 39.3 Å². The van der Waals surface area contributed by atoms with E-state index in [0.29, 0.717) is 23.7 Å². The molecule has 2 aromatic carbocycles. The van der Waals surface area contributed by atoms with E-state index in [0.717, 1.165) is 5.70 Å². The fraction of sp³-hybridized carbons (Fsp3) is 0.467. The normalized spacial score (nSPS) is 16.8. The van der Waals surface area contributed by atoms with Gasteiger partial charge in [-0.15, -0.1) is 0 Å². The lowest BCUT2D eigenvalue weighted by Gasteiger charge is -2.48. The number of rotatable bonds is 8. The van der Waals surface area contributed by atoms with Gasteiger partial charge in [0.25, 0.3) is 0 Å². The van der Waals surface area contributed by atoms with Crippen molar-refractivity contribution in [2.75, 3.05) is 16.2 Å². The van der Waals surface area contributed by atoms with Crippen LogP contribution in [0, 0.1) is 0 Å². The first-order chi connectivity index (χ1) is 16.5. The van der Waals surface area contributed by atoms with Crippen LogP contribution in [-0.2, 0) is 0 Å². The molecule has 2 N–H and O–H groups in total. The first-order valence-corrected chi connectivity index (χ1v) is 14.8. The molecular weight excluding hydrogens is 444 g/mol. The molecule has 1 aliphatic heterocycles. The molecule has 0 aliphatic carbocycles. The van der Waals surface area contributed by atoms with Crippen molar-refractivity contribution in [3.05, 3.63) is 82.7 Å². The molecule has 0 saturated carbocycles. The number of nitrogens with one attached hydrogen (secondary N) is 2. The number of hydrogen-bond donors (Lipinski definition) is 2. The summed E-state index contributed by atoms with van der Waals surface area (Å²) in [5.74, 6) is 1.67. The zero-order valence-electron chi connectivity index (χ0n) is 23.5. The molecule has 0 saturated heterocycles. The van der Waals surface area contributed by atoms with Gasteiger partial charge in [0, 0.05) is 22.8 Å². The molecule has 3 rings (SSSR count). The molecule has 0 radical (unpaired) electrons. The average Bonchev–Trinajstić information content (AvgIpc) is 2.78. The molecule has 190 valence electrons. The van der Waals surface area contributed by atoms with Crippen molar-refractivity contribution in [1.82, 2.24) is 10.5 Å². The second-order valence-corrected chi connectivity index (χ2v) is 13.0. The Hall–Kier alpha value is -2.34. The molecule has 0 bridgehead atoms. The molecule has 1 unspecified atom stereocenters. The number of para-hydroxylation sites is 2. The Morgan fingerprint density at radius 1 is 0.686 bits per heavy atom. The second-order valence-electron chi connectivity index (χ2n) is 11.0. The Morgan fingerprint density at radius 3 is 1.40 bits per heavy atom. The number of allylic oxidation sites excluding steroid dienone is 2. The quantitative estimate of drug-likeness (QED) is 0.299. The minimum Gasteiger partial charge on any atom is -0.343 e. The van der Waals surface area contributed by atoms with Crippen LogP contribution in [0.3, 0.4) is 0 Å². The lowest BCUT2D eigenvalue weighted by molar-refractivity contribution is 0.755. The fourth-order valence-electron chi connectivity index (χ4n) is 5.25. The van der Waals surface area contributed by atoms with Crippen LogP contribution in [0.15, 0.2) is 60.4 Å². The summed E-state index contributed by atoms with van der Waals surface area (Å²) in [7, 11) is -0.0832. The number of anilines is 2. The minimum absolute atomic E-state index is 0.412. The first kappa shape index (κ1) is 27.2. The third-order valence-electron chi connectivity index (χ3n) is 6.99. The largest absolute Gasteiger partial charge is 0.352 e. The third kappa shape index (κ3) is 5.27. The van der Waals surface area contributed by atoms with Crippen LogP contribution in [0.2, 0.25) is 0 Å². The molecule has 35 heavy (non-hydrogen) atoms. The van der Waals surface area contributed by atoms with Crippen LogP contribution in [0.5, 0.6) is 0 Å². The van der Waals surface area contributed by atoms with Gasteiger partial charge in [-0.25, -0.2) is 5.09 Å². The molecule has 1 atom stereocenters. The highest BCUT2D eigenvalue weighted by molar-refractivity contribution is 6.67. The van der Waals surface area contributed by atoms with Gasteiger partial charge in [-0.2, -0.15) is 0 Å². The first-order valence-electron chi connectivity index (χ1n) is 13.1. The van der Waals surface area contributed by atoms with Crippen molar-refractivity contribution in [3.63, 3.8) is 0 Å². The molecule has 1 aliphatic rings. The van der Waals surface area contributed by atoms with E-state index in [9.17, 15) is 0 Å². The summed E-state index contributed by atoms with van der Waals surface area (Å²) in [6, 6.07) is 13.6. The van der Waals surface area contributed by atoms with Crippen molar-refractivity contribution >= 4 is 20.7 Å². The fourth-order valence-corrected chi connectivity index (χ4v) is 7.93. The van der Waals surface area contributed by atoms with E-state index in [2.05, 4.69) is 131 Å². The van der Waals surface area contributed by atoms with Gasteiger partial charge in [-0.1, -0.05) is 98.4 Å². The zero-order valence-corrected chi connectivity index (χ0v) is 24.7. The molecular formula is C30H46N4Si. The van der Waals surface area contributed by atoms with Crippen LogP contribution in [-0.4, -0.2) is 16.3 Å². The van der Waals surface area contributed by atoms with Crippen LogP contribution < -0.4 is 19.6 Å². The van der Waals surface area contributed by atoms with E-state index >= 15 is 0 Å². The highest BCUT2D eigenvalue weighted by Gasteiger charge is 2.39. The summed E-state index contributed by atoms with van der Waals surface area (Å²) in [5.41, 5.74) is 13.9. The van der Waals surface area contributed by atoms with Gasteiger partial charge in [0.15, 0.2) is 0 Å². The number of hydrogen-bond acceptors (Lipinski definition) is 4. The van der Waals surface area contributed by atoms with Crippen molar-refractivity contribution < 1.29 is 0 Å². The Labute approximate surface area is 215 Å². The Bertz CT molecular complexity index is 1030. The third-order valence-corrected chi connectivity index (χ3v) is 9.77. The van der Waals surface area contributed by atoms with E-state index in [-0.39, 0.29) is 0 Å². The molecule has 1 heterocycles. The summed E-state index contributed by atoms with van der Waals surface area (Å²) in [5, 5.41) is 3.75. The molecule has 4 nitrogen and oxygen atoms in total. The second kappa shape index (κ2) is 11.1. The summed E-state index contributed by atoms with van der Waals surface area (Å²) in [4.78, 5) is 0. The minimum atomic E-state index is -2.06. The average molecular weight is 491 g/mol. The highest BCUT2D eigenvalue weighted by Crippen LogP contribution is 2.43. The van der Waals surface area contributed by atoms with Gasteiger partial charge in [-0.05, 0) is 66.0 Å². The van der Waals surface area contributed by atoms with Gasteiger partial charge >= 0.3 is 9.28 Å². The van der Waals surface area contributed by atoms with Crippen LogP contribution in [0.4, 0.5) is 11.4 Å². The van der Waals surface area contributed by atoms with Gasteiger partial charge in [-0.3, -0.25) is 5.43 Å². The molecule has 0 spiro atoms. The van der Waals surface area contributed by atoms with E-state index in [4.69, 9.17) is 0 Å². The summed E-state index contributed by atoms with van der Waals surface area (Å²) in [6.07, 6.45) is 2.27. The van der Waals surface area contributed by atoms with E-state index < -0.39 is 9.28 Å². The Morgan fingerprint density at radius 2 is 1.06 bits per heavy atom. The van der Waals surface area contributed by atoms with Gasteiger partial charge < -0.3 is 9.13 Å². The number of nitrogens with zero attached hydrogens (tertiary/aromatic N) is 2. The summed E-state index contributed by atoms with van der Waals surface area (Å²) >= 11 is 0. The van der Waals surface area contributed by atoms with Gasteiger partial charge in [0.2, 0.25) is 0 Å². The van der Waals surface area contributed by atoms with Crippen LogP contribution in [0.1, 0.15) is 108 Å². The number of benzene rings is 2. The van der Waals surface area contributed by atoms with Gasteiger partial charge in [0.05, 0.1) is 0 Å². The zero-order chi connectivity index (χ0) is 26.0. The smallest absolute Gasteiger partial charge is 0.343 e. The Balaban J connectivity index is 2.37. The van der Waals surface area contributed by atoms with Gasteiger partial charge in [0.1, 0.15) is 0 Å². The predicted octanol–water partition coefficient (Wildman–Crippen LogP) is 7.37. The maximum Gasteiger partial charge on any atom is 0.352 e. The lowest BCUT2D eigenvalue weighted by atomic mass is 9.92. The predicted molar refractivity (Wildman–Crippen MR) is 156 cm³/mol. The number of hydrazine groups is 1. The maximum absolute atomic E-state index is 4.59. The van der Waals surface area contributed by atoms with Crippen molar-refractivity contribution in [2.24, 2.45) is 0 Å². The standard InChI is InChI=1S/C30H46N4Si/c1-19(2)25-14-12-15-26(20(3)4)29(25)33-23(9)18-24(10)34(35(33)32-31-11)30-27(21(5)6)16-13-17-28(30)22(7)8/h12-22,31-32,35H,9H2,1-8,10-11H3. The molecule has 5 heteroatoms. The monoisotopic (exact) mass is 490 g/mol. The summed E-state index contributed by atoms with van der Waals surface area (Å²) in [6.45, 7) is 25.2. The van der Waals surface area contributed by atoms with Crippen molar-refractivity contribution in [2.45, 2.75) is 86.0 Å². The Kier molecular flexibility index (Phi) is 8.68. The highest BCUT2D eigenvalue weighted by atomic mass is 28.3. The van der Waals surface area contributed by atoms with Crippen LogP contribution >= 0.6 is 0 Å². The van der Waals surface area contributed by atoms with E-state index in [1.54, 1.807) is 0 Å². The molecule has 0 aromatic heterocycles. The van der Waals surface area contributed by atoms with Crippen LogP contribution in [0.25, 0.3) is 0 Å². The lowest BCUT2D eigenvalue weighted by Crippen LogP contribution is -2.66. The topological polar surface area (TPSA) is 30.5 Å². The van der Waals surface area contributed by atoms with Crippen molar-refractivity contribution in [3.8, 4) is 0 Å². The maximum atomic E-state index is 4.59. The SMILES string of the molecule is C=C1C=C(C)N(c2c(C(C)C)cccc2C(C)C)[SiH](NNC)N1c1c(C(C)C)cccc1C(C)C. The molecule has 0 fully saturated rings. The van der Waals surface area contributed by atoms with E-state index in [1.807, 2.05) is 7.05 Å². The molecule has 0 amide bonds. The molecule has 2 aromatic rings.